The largest absolute Gasteiger partial charge is 0.493 e. The highest BCUT2D eigenvalue weighted by atomic mass is 16.5. The van der Waals surface area contributed by atoms with Crippen molar-refractivity contribution < 1.29 is 28.9 Å². The molecule has 21 heavy (non-hydrogen) atoms. The third-order valence-corrected chi connectivity index (χ3v) is 2.99. The van der Waals surface area contributed by atoms with E-state index >= 15 is 0 Å². The molecule has 1 atom stereocenters. The highest BCUT2D eigenvalue weighted by Gasteiger charge is 2.25. The fraction of sp³-hybridized carbons (Fsp3) is 0.467. The summed E-state index contributed by atoms with van der Waals surface area (Å²) in [5, 5.41) is 8.94. The number of para-hydroxylation sites is 1. The van der Waals surface area contributed by atoms with Gasteiger partial charge in [-0.25, -0.2) is 0 Å². The lowest BCUT2D eigenvalue weighted by molar-refractivity contribution is -0.152. The molecule has 1 rings (SSSR count). The molecule has 0 saturated carbocycles. The summed E-state index contributed by atoms with van der Waals surface area (Å²) in [4.78, 5) is 22.8. The van der Waals surface area contributed by atoms with Gasteiger partial charge in [0, 0.05) is 0 Å². The number of benzene rings is 1. The Kier molecular flexibility index (Phi) is 6.52. The van der Waals surface area contributed by atoms with Crippen LogP contribution in [-0.4, -0.2) is 37.9 Å². The summed E-state index contributed by atoms with van der Waals surface area (Å²) in [7, 11) is 3.01. The van der Waals surface area contributed by atoms with E-state index in [1.54, 1.807) is 25.1 Å². The van der Waals surface area contributed by atoms with Crippen LogP contribution < -0.4 is 9.47 Å². The molecule has 1 aromatic rings. The monoisotopic (exact) mass is 296 g/mol. The molecule has 0 aliphatic heterocycles. The molecular formula is C15H20O6. The zero-order chi connectivity index (χ0) is 15.8. The first-order valence-electron chi connectivity index (χ1n) is 6.61. The molecule has 1 N–H and O–H groups in total. The van der Waals surface area contributed by atoms with Crippen molar-refractivity contribution >= 4 is 11.9 Å². The third-order valence-electron chi connectivity index (χ3n) is 2.99. The van der Waals surface area contributed by atoms with Crippen LogP contribution in [0.15, 0.2) is 18.2 Å². The number of aliphatic carboxylic acids is 1. The van der Waals surface area contributed by atoms with E-state index in [0.717, 1.165) is 0 Å². The predicted molar refractivity (Wildman–Crippen MR) is 75.6 cm³/mol. The van der Waals surface area contributed by atoms with Gasteiger partial charge in [-0.15, -0.1) is 0 Å². The number of carboxylic acid groups (broad SMARTS) is 1. The zero-order valence-electron chi connectivity index (χ0n) is 12.4. The number of rotatable bonds is 8. The number of hydrogen-bond donors (Lipinski definition) is 1. The van der Waals surface area contributed by atoms with E-state index in [1.807, 2.05) is 0 Å². The lowest BCUT2D eigenvalue weighted by atomic mass is 9.95. The van der Waals surface area contributed by atoms with Crippen LogP contribution in [0.1, 0.15) is 18.9 Å². The van der Waals surface area contributed by atoms with Crippen LogP contribution >= 0.6 is 0 Å². The van der Waals surface area contributed by atoms with Crippen molar-refractivity contribution in [2.45, 2.75) is 19.8 Å². The molecule has 116 valence electrons. The van der Waals surface area contributed by atoms with E-state index in [-0.39, 0.29) is 19.4 Å². The molecule has 0 fully saturated rings. The highest BCUT2D eigenvalue weighted by molar-refractivity contribution is 5.79. The average Bonchev–Trinajstić information content (AvgIpc) is 2.45. The Morgan fingerprint density at radius 3 is 2.48 bits per heavy atom. The molecule has 1 aromatic carbocycles. The van der Waals surface area contributed by atoms with Crippen molar-refractivity contribution in [1.29, 1.82) is 0 Å². The van der Waals surface area contributed by atoms with Gasteiger partial charge in [0.1, 0.15) is 0 Å². The second-order valence-corrected chi connectivity index (χ2v) is 4.40. The average molecular weight is 296 g/mol. The molecule has 6 heteroatoms. The summed E-state index contributed by atoms with van der Waals surface area (Å²) < 4.78 is 15.4. The Balaban J connectivity index is 3.02. The fourth-order valence-corrected chi connectivity index (χ4v) is 2.09. The smallest absolute Gasteiger partial charge is 0.309 e. The Morgan fingerprint density at radius 2 is 1.95 bits per heavy atom. The summed E-state index contributed by atoms with van der Waals surface area (Å²) in [6.45, 7) is 1.89. The fourth-order valence-electron chi connectivity index (χ4n) is 2.09. The summed E-state index contributed by atoms with van der Waals surface area (Å²) >= 11 is 0. The van der Waals surface area contributed by atoms with Gasteiger partial charge >= 0.3 is 11.9 Å². The molecule has 0 aromatic heterocycles. The van der Waals surface area contributed by atoms with E-state index in [4.69, 9.17) is 19.3 Å². The topological polar surface area (TPSA) is 82.1 Å². The predicted octanol–water partition coefficient (Wildman–Crippen LogP) is 1.90. The van der Waals surface area contributed by atoms with Crippen molar-refractivity contribution in [3.05, 3.63) is 23.8 Å². The molecule has 0 saturated heterocycles. The van der Waals surface area contributed by atoms with Crippen LogP contribution in [0.5, 0.6) is 11.5 Å². The maximum atomic E-state index is 11.9. The number of ether oxygens (including phenoxy) is 3. The van der Waals surface area contributed by atoms with Crippen molar-refractivity contribution in [2.24, 2.45) is 5.92 Å². The minimum atomic E-state index is -1.05. The molecule has 6 nitrogen and oxygen atoms in total. The lowest BCUT2D eigenvalue weighted by Gasteiger charge is -2.17. The molecule has 0 unspecified atom stereocenters. The molecule has 0 aliphatic rings. The minimum absolute atomic E-state index is 0.212. The van der Waals surface area contributed by atoms with Crippen LogP contribution in [0.2, 0.25) is 0 Å². The molecule has 0 amide bonds. The first-order valence-corrected chi connectivity index (χ1v) is 6.61. The first kappa shape index (κ1) is 16.8. The minimum Gasteiger partial charge on any atom is -0.493 e. The van der Waals surface area contributed by atoms with E-state index in [0.29, 0.717) is 17.1 Å². The normalized spacial score (nSPS) is 11.6. The van der Waals surface area contributed by atoms with Crippen molar-refractivity contribution in [3.63, 3.8) is 0 Å². The number of carbonyl (C=O) groups excluding carboxylic acids is 1. The molecule has 0 spiro atoms. The third kappa shape index (κ3) is 4.66. The summed E-state index contributed by atoms with van der Waals surface area (Å²) in [5.74, 6) is -1.30. The molecule has 0 radical (unpaired) electrons. The van der Waals surface area contributed by atoms with Gasteiger partial charge < -0.3 is 19.3 Å². The number of esters is 1. The van der Waals surface area contributed by atoms with Gasteiger partial charge in [-0.1, -0.05) is 12.1 Å². The number of carboxylic acids is 1. The van der Waals surface area contributed by atoms with E-state index in [1.165, 1.54) is 14.2 Å². The van der Waals surface area contributed by atoms with Crippen molar-refractivity contribution in [3.8, 4) is 11.5 Å². The summed E-state index contributed by atoms with van der Waals surface area (Å²) in [6.07, 6.45) is -0.0787. The summed E-state index contributed by atoms with van der Waals surface area (Å²) in [5.41, 5.74) is 0.705. The lowest BCUT2D eigenvalue weighted by Crippen LogP contribution is -2.23. The van der Waals surface area contributed by atoms with Gasteiger partial charge in [0.2, 0.25) is 0 Å². The van der Waals surface area contributed by atoms with Crippen LogP contribution in [-0.2, 0) is 20.7 Å². The van der Waals surface area contributed by atoms with E-state index in [9.17, 15) is 9.59 Å². The quantitative estimate of drug-likeness (QED) is 0.738. The van der Waals surface area contributed by atoms with Crippen LogP contribution in [0.25, 0.3) is 0 Å². The molecule has 0 aliphatic carbocycles. The molecule has 0 bridgehead atoms. The van der Waals surface area contributed by atoms with Gasteiger partial charge in [0.15, 0.2) is 11.5 Å². The number of methoxy groups -OCH3 is 2. The van der Waals surface area contributed by atoms with Gasteiger partial charge in [0.25, 0.3) is 0 Å². The maximum Gasteiger partial charge on any atom is 0.309 e. The van der Waals surface area contributed by atoms with Crippen molar-refractivity contribution in [2.75, 3.05) is 20.8 Å². The van der Waals surface area contributed by atoms with E-state index < -0.39 is 17.9 Å². The highest BCUT2D eigenvalue weighted by Crippen LogP contribution is 2.32. The second kappa shape index (κ2) is 8.14. The second-order valence-electron chi connectivity index (χ2n) is 4.40. The molecule has 0 heterocycles. The maximum absolute atomic E-state index is 11.9. The van der Waals surface area contributed by atoms with Crippen LogP contribution in [0.4, 0.5) is 0 Å². The molecular weight excluding hydrogens is 276 g/mol. The van der Waals surface area contributed by atoms with Gasteiger partial charge in [-0.3, -0.25) is 9.59 Å². The Bertz CT molecular complexity index is 497. The van der Waals surface area contributed by atoms with E-state index in [2.05, 4.69) is 0 Å². The van der Waals surface area contributed by atoms with Crippen molar-refractivity contribution in [1.82, 2.24) is 0 Å². The SMILES string of the molecule is CCOC(=O)[C@@H](CC(=O)O)Cc1cccc(OC)c1OC. The Labute approximate surface area is 123 Å². The first-order chi connectivity index (χ1) is 10.0. The van der Waals surface area contributed by atoms with Crippen LogP contribution in [0, 0.1) is 5.92 Å². The Morgan fingerprint density at radius 1 is 1.24 bits per heavy atom. The van der Waals surface area contributed by atoms with Crippen LogP contribution in [0.3, 0.4) is 0 Å². The Hall–Kier alpha value is -2.24. The standard InChI is InChI=1S/C15H20O6/c1-4-21-15(18)11(9-13(16)17)8-10-6-5-7-12(19-2)14(10)20-3/h5-7,11H,4,8-9H2,1-3H3,(H,16,17)/t11-/m1/s1. The van der Waals surface area contributed by atoms with Gasteiger partial charge in [0.05, 0.1) is 33.2 Å². The number of carbonyl (C=O) groups is 2. The zero-order valence-corrected chi connectivity index (χ0v) is 12.4. The summed E-state index contributed by atoms with van der Waals surface area (Å²) in [6, 6.07) is 5.27. The number of hydrogen-bond acceptors (Lipinski definition) is 5. The van der Waals surface area contributed by atoms with Gasteiger partial charge in [-0.2, -0.15) is 0 Å². The van der Waals surface area contributed by atoms with Gasteiger partial charge in [-0.05, 0) is 25.0 Å².